The van der Waals surface area contributed by atoms with Gasteiger partial charge in [0, 0.05) is 18.4 Å². The number of carbonyl (C=O) groups is 2. The SMILES string of the molecule is CCO[C@@H](CC/C=C/C(=O)NO)[C@@H](OC(=O)Nc1ccccc1)c1ccc(OCCO)cc1. The van der Waals surface area contributed by atoms with Gasteiger partial charge in [-0.1, -0.05) is 36.4 Å². The molecule has 2 amide bonds. The quantitative estimate of drug-likeness (QED) is 0.205. The first-order chi connectivity index (χ1) is 16.1. The lowest BCUT2D eigenvalue weighted by Crippen LogP contribution is -2.29. The van der Waals surface area contributed by atoms with Gasteiger partial charge in [-0.25, -0.2) is 10.3 Å². The molecule has 2 atom stereocenters. The number of rotatable bonds is 13. The van der Waals surface area contributed by atoms with Crippen molar-refractivity contribution in [1.29, 1.82) is 0 Å². The van der Waals surface area contributed by atoms with E-state index >= 15 is 0 Å². The van der Waals surface area contributed by atoms with Gasteiger partial charge in [0.25, 0.3) is 5.91 Å². The van der Waals surface area contributed by atoms with Crippen LogP contribution in [0.2, 0.25) is 0 Å². The van der Waals surface area contributed by atoms with Crippen molar-refractivity contribution in [3.05, 3.63) is 72.3 Å². The number of ether oxygens (including phenoxy) is 3. The van der Waals surface area contributed by atoms with Crippen LogP contribution >= 0.6 is 0 Å². The molecule has 9 heteroatoms. The summed E-state index contributed by atoms with van der Waals surface area (Å²) in [5.74, 6) is -0.0531. The van der Waals surface area contributed by atoms with E-state index in [1.807, 2.05) is 13.0 Å². The summed E-state index contributed by atoms with van der Waals surface area (Å²) in [5.41, 5.74) is 2.83. The number of carbonyl (C=O) groups excluding carboxylic acids is 2. The second-order valence-corrected chi connectivity index (χ2v) is 6.91. The Balaban J connectivity index is 2.19. The Hall–Kier alpha value is -3.40. The Bertz CT molecular complexity index is 872. The first-order valence-corrected chi connectivity index (χ1v) is 10.7. The third kappa shape index (κ3) is 9.32. The molecule has 0 aliphatic rings. The van der Waals surface area contributed by atoms with E-state index in [1.165, 1.54) is 11.6 Å². The largest absolute Gasteiger partial charge is 0.491 e. The predicted molar refractivity (Wildman–Crippen MR) is 122 cm³/mol. The third-order valence-corrected chi connectivity index (χ3v) is 4.54. The Morgan fingerprint density at radius 1 is 1.09 bits per heavy atom. The summed E-state index contributed by atoms with van der Waals surface area (Å²) in [6.07, 6.45) is 1.86. The minimum atomic E-state index is -0.736. The molecule has 0 saturated heterocycles. The van der Waals surface area contributed by atoms with Crippen LogP contribution in [0.4, 0.5) is 10.5 Å². The van der Waals surface area contributed by atoms with Crippen LogP contribution in [0.5, 0.6) is 5.75 Å². The van der Waals surface area contributed by atoms with Gasteiger partial charge in [-0.2, -0.15) is 0 Å². The topological polar surface area (TPSA) is 126 Å². The molecule has 33 heavy (non-hydrogen) atoms. The van der Waals surface area contributed by atoms with Crippen LogP contribution in [-0.2, 0) is 14.3 Å². The molecular weight excluding hydrogens is 428 g/mol. The highest BCUT2D eigenvalue weighted by molar-refractivity contribution is 5.86. The van der Waals surface area contributed by atoms with Gasteiger partial charge in [0.05, 0.1) is 12.7 Å². The van der Waals surface area contributed by atoms with Crippen LogP contribution in [0.1, 0.15) is 31.4 Å². The number of hydroxylamine groups is 1. The highest BCUT2D eigenvalue weighted by Gasteiger charge is 2.27. The number of hydrogen-bond acceptors (Lipinski definition) is 7. The van der Waals surface area contributed by atoms with Crippen molar-refractivity contribution in [3.8, 4) is 5.75 Å². The van der Waals surface area contributed by atoms with E-state index in [1.54, 1.807) is 54.6 Å². The molecule has 2 aromatic carbocycles. The number of anilines is 1. The number of nitrogens with one attached hydrogen (secondary N) is 2. The van der Waals surface area contributed by atoms with Crippen molar-refractivity contribution >= 4 is 17.7 Å². The minimum Gasteiger partial charge on any atom is -0.491 e. The summed E-state index contributed by atoms with van der Waals surface area (Å²) < 4.78 is 17.1. The molecule has 0 radical (unpaired) electrons. The number of amides is 2. The van der Waals surface area contributed by atoms with Gasteiger partial charge in [0.2, 0.25) is 0 Å². The van der Waals surface area contributed by atoms with E-state index in [2.05, 4.69) is 5.32 Å². The summed E-state index contributed by atoms with van der Waals surface area (Å²) in [4.78, 5) is 23.8. The maximum atomic E-state index is 12.6. The van der Waals surface area contributed by atoms with E-state index in [9.17, 15) is 9.59 Å². The molecule has 0 unspecified atom stereocenters. The molecule has 2 rings (SSSR count). The molecule has 2 aromatic rings. The average molecular weight is 459 g/mol. The monoisotopic (exact) mass is 458 g/mol. The maximum absolute atomic E-state index is 12.6. The molecular formula is C24H30N2O7. The van der Waals surface area contributed by atoms with Crippen molar-refractivity contribution in [1.82, 2.24) is 5.48 Å². The number of para-hydroxylation sites is 1. The smallest absolute Gasteiger partial charge is 0.412 e. The normalized spacial score (nSPS) is 12.7. The molecule has 0 saturated carbocycles. The first-order valence-electron chi connectivity index (χ1n) is 10.7. The summed E-state index contributed by atoms with van der Waals surface area (Å²) in [5, 5.41) is 20.2. The number of aliphatic hydroxyl groups excluding tert-OH is 1. The summed E-state index contributed by atoms with van der Waals surface area (Å²) in [6.45, 7) is 2.31. The van der Waals surface area contributed by atoms with E-state index in [0.29, 0.717) is 36.4 Å². The molecule has 0 fully saturated rings. The van der Waals surface area contributed by atoms with Crippen molar-refractivity contribution in [3.63, 3.8) is 0 Å². The van der Waals surface area contributed by atoms with Gasteiger partial charge >= 0.3 is 6.09 Å². The predicted octanol–water partition coefficient (Wildman–Crippen LogP) is 3.59. The second-order valence-electron chi connectivity index (χ2n) is 6.91. The van der Waals surface area contributed by atoms with E-state index < -0.39 is 24.2 Å². The molecule has 0 heterocycles. The van der Waals surface area contributed by atoms with Crippen molar-refractivity contribution in [2.45, 2.75) is 32.0 Å². The lowest BCUT2D eigenvalue weighted by atomic mass is 10.00. The lowest BCUT2D eigenvalue weighted by Gasteiger charge is -2.27. The van der Waals surface area contributed by atoms with Crippen LogP contribution < -0.4 is 15.5 Å². The fourth-order valence-corrected chi connectivity index (χ4v) is 3.08. The molecule has 0 aliphatic carbocycles. The Labute approximate surface area is 192 Å². The Morgan fingerprint density at radius 3 is 2.45 bits per heavy atom. The standard InChI is InChI=1S/C24H30N2O7/c1-2-31-21(10-6-7-11-22(28)26-30)23(18-12-14-20(15-13-18)32-17-16-27)33-24(29)25-19-8-4-3-5-9-19/h3-5,7-9,11-15,21,23,27,30H,2,6,10,16-17H2,1H3,(H,25,29)(H,26,28)/b11-7+/t21-,23-/m0/s1. The highest BCUT2D eigenvalue weighted by Crippen LogP contribution is 2.29. The zero-order chi connectivity index (χ0) is 23.9. The molecule has 0 aliphatic heterocycles. The number of hydrogen-bond donors (Lipinski definition) is 4. The van der Waals surface area contributed by atoms with E-state index in [-0.39, 0.29) is 13.2 Å². The third-order valence-electron chi connectivity index (χ3n) is 4.54. The molecule has 0 aromatic heterocycles. The second kappa shape index (κ2) is 14.6. The number of aliphatic hydroxyl groups is 1. The van der Waals surface area contributed by atoms with Gasteiger partial charge in [-0.05, 0) is 49.6 Å². The molecule has 0 bridgehead atoms. The summed E-state index contributed by atoms with van der Waals surface area (Å²) in [7, 11) is 0. The highest BCUT2D eigenvalue weighted by atomic mass is 16.6. The molecule has 0 spiro atoms. The van der Waals surface area contributed by atoms with Crippen LogP contribution in [0.25, 0.3) is 0 Å². The van der Waals surface area contributed by atoms with Crippen LogP contribution in [0.15, 0.2) is 66.7 Å². The number of allylic oxidation sites excluding steroid dienone is 1. The minimum absolute atomic E-state index is 0.0959. The first kappa shape index (κ1) is 25.9. The molecule has 178 valence electrons. The van der Waals surface area contributed by atoms with Crippen LogP contribution in [-0.4, -0.2) is 48.2 Å². The van der Waals surface area contributed by atoms with Gasteiger partial charge in [-0.15, -0.1) is 0 Å². The van der Waals surface area contributed by atoms with Crippen molar-refractivity contribution < 1.29 is 34.1 Å². The lowest BCUT2D eigenvalue weighted by molar-refractivity contribution is -0.124. The molecule has 9 nitrogen and oxygen atoms in total. The Kier molecular flexibility index (Phi) is 11.5. The van der Waals surface area contributed by atoms with Crippen LogP contribution in [0.3, 0.4) is 0 Å². The Morgan fingerprint density at radius 2 is 1.82 bits per heavy atom. The fourth-order valence-electron chi connectivity index (χ4n) is 3.08. The van der Waals surface area contributed by atoms with Gasteiger partial charge in [-0.3, -0.25) is 15.3 Å². The maximum Gasteiger partial charge on any atom is 0.412 e. The van der Waals surface area contributed by atoms with Gasteiger partial charge < -0.3 is 19.3 Å². The zero-order valence-electron chi connectivity index (χ0n) is 18.5. The van der Waals surface area contributed by atoms with Gasteiger partial charge in [0.1, 0.15) is 12.4 Å². The van der Waals surface area contributed by atoms with E-state index in [0.717, 1.165) is 0 Å². The number of benzene rings is 2. The fraction of sp³-hybridized carbons (Fsp3) is 0.333. The van der Waals surface area contributed by atoms with Gasteiger partial charge in [0.15, 0.2) is 6.10 Å². The molecule has 4 N–H and O–H groups in total. The zero-order valence-corrected chi connectivity index (χ0v) is 18.5. The van der Waals surface area contributed by atoms with Crippen LogP contribution in [0, 0.1) is 0 Å². The summed E-state index contributed by atoms with van der Waals surface area (Å²) in [6, 6.07) is 15.9. The summed E-state index contributed by atoms with van der Waals surface area (Å²) >= 11 is 0. The van der Waals surface area contributed by atoms with Crippen molar-refractivity contribution in [2.24, 2.45) is 0 Å². The average Bonchev–Trinajstić information content (AvgIpc) is 2.84. The van der Waals surface area contributed by atoms with Crippen molar-refractivity contribution in [2.75, 3.05) is 25.1 Å². The van der Waals surface area contributed by atoms with E-state index in [4.69, 9.17) is 24.5 Å².